The number of amides is 1. The highest BCUT2D eigenvalue weighted by Gasteiger charge is 2.31. The number of carbonyl (C=O) groups excluding carboxylic acids is 1. The number of benzene rings is 1. The first-order valence-electron chi connectivity index (χ1n) is 9.43. The molecule has 1 saturated heterocycles. The summed E-state index contributed by atoms with van der Waals surface area (Å²) in [5, 5.41) is 0. The summed E-state index contributed by atoms with van der Waals surface area (Å²) in [6.07, 6.45) is 4.28. The number of carbonyl (C=O) groups is 1. The van der Waals surface area contributed by atoms with Crippen LogP contribution in [-0.4, -0.2) is 38.4 Å². The van der Waals surface area contributed by atoms with Crippen LogP contribution in [0.1, 0.15) is 28.4 Å². The van der Waals surface area contributed by atoms with E-state index in [0.29, 0.717) is 18.8 Å². The molecule has 5 rings (SSSR count). The summed E-state index contributed by atoms with van der Waals surface area (Å²) in [5.41, 5.74) is 3.53. The summed E-state index contributed by atoms with van der Waals surface area (Å²) >= 11 is 0. The minimum atomic E-state index is 0.0689. The van der Waals surface area contributed by atoms with Crippen molar-refractivity contribution in [3.63, 3.8) is 0 Å². The van der Waals surface area contributed by atoms with Crippen molar-refractivity contribution in [2.45, 2.75) is 19.4 Å². The number of pyridine rings is 1. The molecule has 0 radical (unpaired) electrons. The highest BCUT2D eigenvalue weighted by molar-refractivity contribution is 5.94. The summed E-state index contributed by atoms with van der Waals surface area (Å²) in [6, 6.07) is 15.4. The van der Waals surface area contributed by atoms with E-state index < -0.39 is 0 Å². The van der Waals surface area contributed by atoms with Crippen molar-refractivity contribution in [3.05, 3.63) is 72.1 Å². The Morgan fingerprint density at radius 2 is 2.00 bits per heavy atom. The molecule has 0 bridgehead atoms. The third-order valence-corrected chi connectivity index (χ3v) is 5.30. The van der Waals surface area contributed by atoms with E-state index in [1.807, 2.05) is 60.4 Å². The lowest BCUT2D eigenvalue weighted by Crippen LogP contribution is -2.29. The zero-order chi connectivity index (χ0) is 19.1. The highest BCUT2D eigenvalue weighted by atomic mass is 16.3. The summed E-state index contributed by atoms with van der Waals surface area (Å²) in [6.45, 7) is 3.36. The van der Waals surface area contributed by atoms with Crippen LogP contribution in [0, 0.1) is 6.92 Å². The Kier molecular flexibility index (Phi) is 3.97. The van der Waals surface area contributed by atoms with Gasteiger partial charge in [0, 0.05) is 24.8 Å². The number of aromatic nitrogens is 3. The Hall–Kier alpha value is -3.41. The van der Waals surface area contributed by atoms with Crippen molar-refractivity contribution < 1.29 is 9.21 Å². The van der Waals surface area contributed by atoms with Crippen LogP contribution in [0.25, 0.3) is 22.7 Å². The second-order valence-corrected chi connectivity index (χ2v) is 7.19. The van der Waals surface area contributed by atoms with E-state index in [0.717, 1.165) is 34.5 Å². The van der Waals surface area contributed by atoms with Gasteiger partial charge in [-0.05, 0) is 49.7 Å². The average molecular weight is 372 g/mol. The van der Waals surface area contributed by atoms with Crippen molar-refractivity contribution in [3.8, 4) is 11.6 Å². The van der Waals surface area contributed by atoms with Crippen LogP contribution < -0.4 is 0 Å². The molecule has 6 heteroatoms. The Balaban J connectivity index is 1.49. The van der Waals surface area contributed by atoms with Gasteiger partial charge in [0.15, 0.2) is 17.2 Å². The summed E-state index contributed by atoms with van der Waals surface area (Å²) in [5.74, 6) is 1.54. The lowest BCUT2D eigenvalue weighted by atomic mass is 10.1. The quantitative estimate of drug-likeness (QED) is 0.543. The first kappa shape index (κ1) is 16.7. The lowest BCUT2D eigenvalue weighted by Gasteiger charge is -2.18. The molecule has 0 N–H and O–H groups in total. The maximum Gasteiger partial charge on any atom is 0.253 e. The number of nitrogens with zero attached hydrogens (tertiary/aromatic N) is 4. The first-order chi connectivity index (χ1) is 13.7. The molecule has 0 spiro atoms. The fourth-order valence-corrected chi connectivity index (χ4v) is 3.87. The lowest BCUT2D eigenvalue weighted by molar-refractivity contribution is 0.0788. The number of likely N-dealkylation sites (tertiary alicyclic amines) is 1. The van der Waals surface area contributed by atoms with Crippen LogP contribution in [0.3, 0.4) is 0 Å². The zero-order valence-corrected chi connectivity index (χ0v) is 15.6. The third-order valence-electron chi connectivity index (χ3n) is 5.30. The predicted octanol–water partition coefficient (Wildman–Crippen LogP) is 4.09. The van der Waals surface area contributed by atoms with Gasteiger partial charge in [-0.15, -0.1) is 0 Å². The first-order valence-corrected chi connectivity index (χ1v) is 9.43. The van der Waals surface area contributed by atoms with Gasteiger partial charge in [0.05, 0.1) is 12.3 Å². The van der Waals surface area contributed by atoms with Gasteiger partial charge in [-0.2, -0.15) is 0 Å². The number of rotatable bonds is 3. The second-order valence-electron chi connectivity index (χ2n) is 7.19. The molecule has 1 unspecified atom stereocenters. The minimum absolute atomic E-state index is 0.0689. The molecule has 0 aliphatic carbocycles. The maximum atomic E-state index is 12.9. The van der Waals surface area contributed by atoms with Crippen molar-refractivity contribution in [1.29, 1.82) is 0 Å². The van der Waals surface area contributed by atoms with Gasteiger partial charge in [0.25, 0.3) is 5.91 Å². The van der Waals surface area contributed by atoms with Gasteiger partial charge >= 0.3 is 0 Å². The molecule has 3 aromatic heterocycles. The molecular formula is C22H20N4O2. The van der Waals surface area contributed by atoms with Gasteiger partial charge in [-0.3, -0.25) is 4.79 Å². The Morgan fingerprint density at radius 1 is 1.14 bits per heavy atom. The van der Waals surface area contributed by atoms with E-state index in [1.54, 1.807) is 12.5 Å². The van der Waals surface area contributed by atoms with Crippen LogP contribution in [0.2, 0.25) is 0 Å². The van der Waals surface area contributed by atoms with Crippen molar-refractivity contribution in [1.82, 2.24) is 19.4 Å². The second kappa shape index (κ2) is 6.64. The molecule has 0 saturated carbocycles. The van der Waals surface area contributed by atoms with Crippen LogP contribution in [-0.2, 0) is 0 Å². The van der Waals surface area contributed by atoms with Crippen LogP contribution >= 0.6 is 0 Å². The van der Waals surface area contributed by atoms with Crippen LogP contribution in [0.15, 0.2) is 65.4 Å². The topological polar surface area (TPSA) is 64.2 Å². The number of hydrogen-bond donors (Lipinski definition) is 0. The normalized spacial score (nSPS) is 16.8. The molecule has 28 heavy (non-hydrogen) atoms. The molecule has 6 nitrogen and oxygen atoms in total. The SMILES string of the molecule is Cc1ccc(C(=O)N2CCC(n3c(-c4ccco4)nc4cccnc43)C2)cc1. The number of hydrogen-bond acceptors (Lipinski definition) is 4. The maximum absolute atomic E-state index is 12.9. The van der Waals surface area contributed by atoms with Gasteiger partial charge in [0.1, 0.15) is 5.52 Å². The van der Waals surface area contributed by atoms with E-state index in [-0.39, 0.29) is 11.9 Å². The minimum Gasteiger partial charge on any atom is -0.461 e. The molecular weight excluding hydrogens is 352 g/mol. The monoisotopic (exact) mass is 372 g/mol. The predicted molar refractivity (Wildman–Crippen MR) is 106 cm³/mol. The van der Waals surface area contributed by atoms with Crippen LogP contribution in [0.4, 0.5) is 0 Å². The largest absolute Gasteiger partial charge is 0.461 e. The fourth-order valence-electron chi connectivity index (χ4n) is 3.87. The summed E-state index contributed by atoms with van der Waals surface area (Å²) < 4.78 is 7.73. The standard InChI is InChI=1S/C22H20N4O2/c1-15-6-8-16(9-7-15)22(27)25-12-10-17(14-25)26-20-18(4-2-11-23-20)24-21(26)19-5-3-13-28-19/h2-9,11,13,17H,10,12,14H2,1H3. The fraction of sp³-hybridized carbons (Fsp3) is 0.227. The summed E-state index contributed by atoms with van der Waals surface area (Å²) in [7, 11) is 0. The Labute approximate surface area is 162 Å². The molecule has 4 aromatic rings. The molecule has 140 valence electrons. The summed E-state index contributed by atoms with van der Waals surface area (Å²) in [4.78, 5) is 24.1. The van der Waals surface area contributed by atoms with Crippen molar-refractivity contribution >= 4 is 17.1 Å². The van der Waals surface area contributed by atoms with Gasteiger partial charge in [-0.1, -0.05) is 17.7 Å². The number of fused-ring (bicyclic) bond motifs is 1. The molecule has 1 fully saturated rings. The van der Waals surface area contributed by atoms with Gasteiger partial charge < -0.3 is 13.9 Å². The number of furan rings is 1. The van der Waals surface area contributed by atoms with Crippen molar-refractivity contribution in [2.24, 2.45) is 0 Å². The molecule has 1 aliphatic heterocycles. The number of aryl methyl sites for hydroxylation is 1. The Bertz CT molecular complexity index is 1130. The highest BCUT2D eigenvalue weighted by Crippen LogP contribution is 2.32. The van der Waals surface area contributed by atoms with E-state index in [1.165, 1.54) is 0 Å². The van der Waals surface area contributed by atoms with Crippen LogP contribution in [0.5, 0.6) is 0 Å². The van der Waals surface area contributed by atoms with E-state index in [2.05, 4.69) is 9.55 Å². The average Bonchev–Trinajstić information content (AvgIpc) is 3.46. The third kappa shape index (κ3) is 2.78. The van der Waals surface area contributed by atoms with Crippen molar-refractivity contribution in [2.75, 3.05) is 13.1 Å². The zero-order valence-electron chi connectivity index (χ0n) is 15.6. The van der Waals surface area contributed by atoms with Gasteiger partial charge in [0.2, 0.25) is 0 Å². The smallest absolute Gasteiger partial charge is 0.253 e. The molecule has 1 aromatic carbocycles. The Morgan fingerprint density at radius 3 is 2.79 bits per heavy atom. The molecule has 4 heterocycles. The molecule has 1 aliphatic rings. The van der Waals surface area contributed by atoms with E-state index >= 15 is 0 Å². The number of imidazole rings is 1. The molecule has 1 atom stereocenters. The van der Waals surface area contributed by atoms with Gasteiger partial charge in [-0.25, -0.2) is 9.97 Å². The molecule has 1 amide bonds. The van der Waals surface area contributed by atoms with E-state index in [4.69, 9.17) is 9.40 Å². The van der Waals surface area contributed by atoms with E-state index in [9.17, 15) is 4.79 Å².